The maximum absolute atomic E-state index is 12.0. The second kappa shape index (κ2) is 5.38. The second-order valence-electron chi connectivity index (χ2n) is 6.99. The summed E-state index contributed by atoms with van der Waals surface area (Å²) in [7, 11) is 0. The Hall–Kier alpha value is -0.570. The van der Waals surface area contributed by atoms with Crippen LogP contribution in [0, 0.1) is 10.8 Å². The molecule has 0 aromatic heterocycles. The summed E-state index contributed by atoms with van der Waals surface area (Å²) in [5.41, 5.74) is 6.23. The minimum absolute atomic E-state index is 0.152. The largest absolute Gasteiger partial charge is 0.342 e. The van der Waals surface area contributed by atoms with Gasteiger partial charge in [-0.1, -0.05) is 27.7 Å². The number of amides is 1. The monoisotopic (exact) mass is 240 g/mol. The average molecular weight is 240 g/mol. The molecule has 0 aromatic carbocycles. The molecule has 100 valence electrons. The summed E-state index contributed by atoms with van der Waals surface area (Å²) >= 11 is 0. The van der Waals surface area contributed by atoms with Crippen molar-refractivity contribution in [1.82, 2.24) is 4.90 Å². The number of rotatable bonds is 4. The molecule has 0 saturated carbocycles. The van der Waals surface area contributed by atoms with Crippen LogP contribution in [0.1, 0.15) is 53.4 Å². The van der Waals surface area contributed by atoms with Crippen LogP contribution in [0.3, 0.4) is 0 Å². The molecule has 1 amide bonds. The molecule has 0 aromatic rings. The zero-order valence-electron chi connectivity index (χ0n) is 11.9. The molecule has 0 spiro atoms. The van der Waals surface area contributed by atoms with Gasteiger partial charge in [-0.25, -0.2) is 0 Å². The Kier molecular flexibility index (Phi) is 4.59. The van der Waals surface area contributed by atoms with Crippen LogP contribution < -0.4 is 5.73 Å². The highest BCUT2D eigenvalue weighted by molar-refractivity contribution is 5.76. The van der Waals surface area contributed by atoms with Crippen molar-refractivity contribution in [3.05, 3.63) is 0 Å². The van der Waals surface area contributed by atoms with Crippen LogP contribution in [0.4, 0.5) is 0 Å². The molecule has 0 radical (unpaired) electrons. The zero-order valence-corrected chi connectivity index (χ0v) is 11.9. The Morgan fingerprint density at radius 1 is 1.41 bits per heavy atom. The minimum atomic E-state index is 0.152. The van der Waals surface area contributed by atoms with E-state index in [-0.39, 0.29) is 5.41 Å². The lowest BCUT2D eigenvalue weighted by atomic mass is 9.89. The van der Waals surface area contributed by atoms with Crippen LogP contribution in [0.15, 0.2) is 0 Å². The molecular weight excluding hydrogens is 212 g/mol. The van der Waals surface area contributed by atoms with Crippen molar-refractivity contribution in [1.29, 1.82) is 0 Å². The van der Waals surface area contributed by atoms with Crippen LogP contribution in [0.25, 0.3) is 0 Å². The van der Waals surface area contributed by atoms with Crippen molar-refractivity contribution >= 4 is 5.91 Å². The van der Waals surface area contributed by atoms with E-state index in [0.29, 0.717) is 24.3 Å². The molecular formula is C14H28N2O. The smallest absolute Gasteiger partial charge is 0.222 e. The Labute approximate surface area is 106 Å². The minimum Gasteiger partial charge on any atom is -0.342 e. The fraction of sp³-hybridized carbons (Fsp3) is 0.929. The molecule has 1 saturated heterocycles. The van der Waals surface area contributed by atoms with Gasteiger partial charge >= 0.3 is 0 Å². The average Bonchev–Trinajstić information content (AvgIpc) is 2.60. The predicted octanol–water partition coefficient (Wildman–Crippen LogP) is 2.40. The van der Waals surface area contributed by atoms with E-state index in [1.807, 2.05) is 4.90 Å². The highest BCUT2D eigenvalue weighted by Crippen LogP contribution is 2.29. The van der Waals surface area contributed by atoms with Crippen molar-refractivity contribution < 1.29 is 4.79 Å². The first-order chi connectivity index (χ1) is 7.76. The van der Waals surface area contributed by atoms with E-state index in [1.54, 1.807) is 0 Å². The van der Waals surface area contributed by atoms with E-state index in [1.165, 1.54) is 0 Å². The van der Waals surface area contributed by atoms with Crippen LogP contribution in [-0.2, 0) is 4.79 Å². The molecule has 3 heteroatoms. The van der Waals surface area contributed by atoms with E-state index in [2.05, 4.69) is 27.7 Å². The Morgan fingerprint density at radius 3 is 2.53 bits per heavy atom. The standard InChI is InChI=1S/C14H28N2O/c1-13(2,3)7-5-6-12(17)16-9-8-14(4,10-15)11-16/h5-11,15H2,1-4H3. The van der Waals surface area contributed by atoms with Gasteiger partial charge in [0.25, 0.3) is 0 Å². The van der Waals surface area contributed by atoms with Gasteiger partial charge in [0.05, 0.1) is 0 Å². The quantitative estimate of drug-likeness (QED) is 0.820. The van der Waals surface area contributed by atoms with Crippen LogP contribution >= 0.6 is 0 Å². The first kappa shape index (κ1) is 14.5. The molecule has 1 unspecified atom stereocenters. The van der Waals surface area contributed by atoms with Crippen LogP contribution in [0.2, 0.25) is 0 Å². The number of carbonyl (C=O) groups excluding carboxylic acids is 1. The van der Waals surface area contributed by atoms with Gasteiger partial charge in [0.1, 0.15) is 0 Å². The molecule has 2 N–H and O–H groups in total. The SMILES string of the molecule is CC(C)(C)CCCC(=O)N1CCC(C)(CN)C1. The third kappa shape index (κ3) is 4.66. The van der Waals surface area contributed by atoms with E-state index in [9.17, 15) is 4.79 Å². The van der Waals surface area contributed by atoms with E-state index in [4.69, 9.17) is 5.73 Å². The van der Waals surface area contributed by atoms with Gasteiger partial charge in [0.15, 0.2) is 0 Å². The molecule has 1 heterocycles. The summed E-state index contributed by atoms with van der Waals surface area (Å²) in [5, 5.41) is 0. The number of likely N-dealkylation sites (tertiary alicyclic amines) is 1. The highest BCUT2D eigenvalue weighted by atomic mass is 16.2. The van der Waals surface area contributed by atoms with Gasteiger partial charge < -0.3 is 10.6 Å². The number of hydrogen-bond acceptors (Lipinski definition) is 2. The van der Waals surface area contributed by atoms with Gasteiger partial charge in [-0.3, -0.25) is 4.79 Å². The first-order valence-corrected chi connectivity index (χ1v) is 6.74. The van der Waals surface area contributed by atoms with Gasteiger partial charge in [-0.2, -0.15) is 0 Å². The number of nitrogens with zero attached hydrogens (tertiary/aromatic N) is 1. The maximum Gasteiger partial charge on any atom is 0.222 e. The molecule has 0 bridgehead atoms. The fourth-order valence-electron chi connectivity index (χ4n) is 2.33. The second-order valence-corrected chi connectivity index (χ2v) is 6.99. The van der Waals surface area contributed by atoms with Crippen LogP contribution in [-0.4, -0.2) is 30.4 Å². The topological polar surface area (TPSA) is 46.3 Å². The Morgan fingerprint density at radius 2 is 2.06 bits per heavy atom. The Bertz CT molecular complexity index is 270. The van der Waals surface area contributed by atoms with Crippen LogP contribution in [0.5, 0.6) is 0 Å². The summed E-state index contributed by atoms with van der Waals surface area (Å²) in [6.07, 6.45) is 3.85. The molecule has 0 aliphatic carbocycles. The number of carbonyl (C=O) groups is 1. The van der Waals surface area contributed by atoms with Crippen molar-refractivity contribution in [2.45, 2.75) is 53.4 Å². The van der Waals surface area contributed by atoms with Crippen molar-refractivity contribution in [3.8, 4) is 0 Å². The van der Waals surface area contributed by atoms with E-state index >= 15 is 0 Å². The van der Waals surface area contributed by atoms with Gasteiger partial charge in [0, 0.05) is 19.5 Å². The summed E-state index contributed by atoms with van der Waals surface area (Å²) in [6.45, 7) is 11.3. The third-order valence-electron chi connectivity index (χ3n) is 3.72. The lowest BCUT2D eigenvalue weighted by Gasteiger charge is -2.23. The van der Waals surface area contributed by atoms with Crippen molar-refractivity contribution in [2.24, 2.45) is 16.6 Å². The lowest BCUT2D eigenvalue weighted by molar-refractivity contribution is -0.130. The van der Waals surface area contributed by atoms with E-state index < -0.39 is 0 Å². The third-order valence-corrected chi connectivity index (χ3v) is 3.72. The fourth-order valence-corrected chi connectivity index (χ4v) is 2.33. The van der Waals surface area contributed by atoms with Gasteiger partial charge in [-0.15, -0.1) is 0 Å². The summed E-state index contributed by atoms with van der Waals surface area (Å²) < 4.78 is 0. The molecule has 1 aliphatic rings. The van der Waals surface area contributed by atoms with Crippen molar-refractivity contribution in [3.63, 3.8) is 0 Å². The maximum atomic E-state index is 12.0. The predicted molar refractivity (Wildman–Crippen MR) is 71.7 cm³/mol. The van der Waals surface area contributed by atoms with Gasteiger partial charge in [-0.05, 0) is 36.6 Å². The van der Waals surface area contributed by atoms with E-state index in [0.717, 1.165) is 32.4 Å². The molecule has 1 atom stereocenters. The number of hydrogen-bond donors (Lipinski definition) is 1. The first-order valence-electron chi connectivity index (χ1n) is 6.74. The van der Waals surface area contributed by atoms with Crippen molar-refractivity contribution in [2.75, 3.05) is 19.6 Å². The lowest BCUT2D eigenvalue weighted by Crippen LogP contribution is -2.34. The zero-order chi connectivity index (χ0) is 13.1. The highest BCUT2D eigenvalue weighted by Gasteiger charge is 2.34. The Balaban J connectivity index is 2.31. The summed E-state index contributed by atoms with van der Waals surface area (Å²) in [6, 6.07) is 0. The summed E-state index contributed by atoms with van der Waals surface area (Å²) in [5.74, 6) is 0.312. The van der Waals surface area contributed by atoms with Gasteiger partial charge in [0.2, 0.25) is 5.91 Å². The molecule has 17 heavy (non-hydrogen) atoms. The molecule has 3 nitrogen and oxygen atoms in total. The number of nitrogens with two attached hydrogens (primary N) is 1. The molecule has 1 aliphatic heterocycles. The molecule has 1 fully saturated rings. The normalized spacial score (nSPS) is 25.4. The molecule has 1 rings (SSSR count). The summed E-state index contributed by atoms with van der Waals surface area (Å²) in [4.78, 5) is 14.0.